The summed E-state index contributed by atoms with van der Waals surface area (Å²) in [6.45, 7) is -0.215. The molecular weight excluding hydrogens is 238 g/mol. The maximum absolute atomic E-state index is 10.5. The first-order valence-corrected chi connectivity index (χ1v) is 5.06. The Morgan fingerprint density at radius 2 is 2.00 bits per heavy atom. The van der Waals surface area contributed by atoms with E-state index in [2.05, 4.69) is 5.10 Å². The number of hydrogen-bond donors (Lipinski definition) is 1. The van der Waals surface area contributed by atoms with Gasteiger partial charge in [0.15, 0.2) is 0 Å². The summed E-state index contributed by atoms with van der Waals surface area (Å²) in [6.07, 6.45) is 1.55. The topological polar surface area (TPSA) is 98.3 Å². The van der Waals surface area contributed by atoms with Crippen molar-refractivity contribution < 1.29 is 14.8 Å². The van der Waals surface area contributed by atoms with E-state index in [0.29, 0.717) is 11.3 Å². The Balaban J connectivity index is 2.23. The highest BCUT2D eigenvalue weighted by molar-refractivity contribution is 5.67. The molecule has 0 unspecified atom stereocenters. The van der Waals surface area contributed by atoms with Gasteiger partial charge in [0.05, 0.1) is 10.6 Å². The molecule has 2 aromatic rings. The number of aromatic nitrogens is 2. The average Bonchev–Trinajstić information content (AvgIpc) is 2.76. The fourth-order valence-electron chi connectivity index (χ4n) is 1.50. The molecule has 7 heteroatoms. The standard InChI is InChI=1S/C11H9N3O4/c15-11(16)7-13-6-5-10(12-13)8-1-3-9(4-2-8)14(17)18/h1-6H,7H2,(H,15,16). The van der Waals surface area contributed by atoms with Crippen LogP contribution in [0.2, 0.25) is 0 Å². The lowest BCUT2D eigenvalue weighted by molar-refractivity contribution is -0.384. The third-order valence-corrected chi connectivity index (χ3v) is 2.31. The SMILES string of the molecule is O=C(O)Cn1ccc(-c2ccc([N+](=O)[O-])cc2)n1. The van der Waals surface area contributed by atoms with Crippen LogP contribution in [0.1, 0.15) is 0 Å². The number of nitro groups is 1. The van der Waals surface area contributed by atoms with Gasteiger partial charge in [-0.15, -0.1) is 0 Å². The lowest BCUT2D eigenvalue weighted by atomic mass is 10.1. The van der Waals surface area contributed by atoms with Gasteiger partial charge in [0, 0.05) is 23.9 Å². The van der Waals surface area contributed by atoms with Crippen LogP contribution in [0.15, 0.2) is 36.5 Å². The zero-order valence-electron chi connectivity index (χ0n) is 9.18. The average molecular weight is 247 g/mol. The monoisotopic (exact) mass is 247 g/mol. The summed E-state index contributed by atoms with van der Waals surface area (Å²) >= 11 is 0. The molecule has 0 spiro atoms. The van der Waals surface area contributed by atoms with Gasteiger partial charge in [0.2, 0.25) is 0 Å². The van der Waals surface area contributed by atoms with E-state index in [-0.39, 0.29) is 12.2 Å². The van der Waals surface area contributed by atoms with Crippen LogP contribution in [0, 0.1) is 10.1 Å². The first-order chi connectivity index (χ1) is 8.56. The minimum Gasteiger partial charge on any atom is -0.480 e. The molecule has 0 aliphatic heterocycles. The predicted octanol–water partition coefficient (Wildman–Crippen LogP) is 1.54. The van der Waals surface area contributed by atoms with Crippen LogP contribution in [0.5, 0.6) is 0 Å². The Hall–Kier alpha value is -2.70. The van der Waals surface area contributed by atoms with Gasteiger partial charge >= 0.3 is 5.97 Å². The van der Waals surface area contributed by atoms with E-state index in [9.17, 15) is 14.9 Å². The molecule has 92 valence electrons. The third-order valence-electron chi connectivity index (χ3n) is 2.31. The molecule has 0 saturated heterocycles. The van der Waals surface area contributed by atoms with Crippen molar-refractivity contribution in [3.63, 3.8) is 0 Å². The molecule has 18 heavy (non-hydrogen) atoms. The molecular formula is C11H9N3O4. The summed E-state index contributed by atoms with van der Waals surface area (Å²) in [5.41, 5.74) is 1.28. The first-order valence-electron chi connectivity index (χ1n) is 5.06. The molecule has 2 rings (SSSR count). The summed E-state index contributed by atoms with van der Waals surface area (Å²) in [5.74, 6) is -0.978. The molecule has 0 atom stereocenters. The second-order valence-corrected chi connectivity index (χ2v) is 3.60. The molecule has 7 nitrogen and oxygen atoms in total. The van der Waals surface area contributed by atoms with Crippen LogP contribution in [-0.2, 0) is 11.3 Å². The summed E-state index contributed by atoms with van der Waals surface area (Å²) in [7, 11) is 0. The quantitative estimate of drug-likeness (QED) is 0.652. The van der Waals surface area contributed by atoms with Gasteiger partial charge in [-0.2, -0.15) is 5.10 Å². The smallest absolute Gasteiger partial charge is 0.325 e. The van der Waals surface area contributed by atoms with Crippen LogP contribution in [0.4, 0.5) is 5.69 Å². The number of nitrogens with zero attached hydrogens (tertiary/aromatic N) is 3. The number of carboxylic acids is 1. The molecule has 0 bridgehead atoms. The zero-order chi connectivity index (χ0) is 13.1. The Labute approximate surface area is 101 Å². The van der Waals surface area contributed by atoms with Crippen molar-refractivity contribution in [1.82, 2.24) is 9.78 Å². The van der Waals surface area contributed by atoms with Gasteiger partial charge in [0.25, 0.3) is 5.69 Å². The molecule has 1 aromatic heterocycles. The van der Waals surface area contributed by atoms with E-state index in [1.807, 2.05) is 0 Å². The van der Waals surface area contributed by atoms with Gasteiger partial charge in [-0.3, -0.25) is 19.6 Å². The van der Waals surface area contributed by atoms with Crippen LogP contribution < -0.4 is 0 Å². The Bertz CT molecular complexity index is 589. The second kappa shape index (κ2) is 4.66. The fraction of sp³-hybridized carbons (Fsp3) is 0.0909. The Morgan fingerprint density at radius 1 is 1.33 bits per heavy atom. The normalized spacial score (nSPS) is 10.2. The highest BCUT2D eigenvalue weighted by atomic mass is 16.6. The van der Waals surface area contributed by atoms with Crippen molar-refractivity contribution in [3.8, 4) is 11.3 Å². The number of carbonyl (C=O) groups is 1. The third kappa shape index (κ3) is 2.51. The van der Waals surface area contributed by atoms with Gasteiger partial charge in [0.1, 0.15) is 6.54 Å². The lowest BCUT2D eigenvalue weighted by Crippen LogP contribution is -2.08. The molecule has 1 N–H and O–H groups in total. The van der Waals surface area contributed by atoms with Crippen LogP contribution in [-0.4, -0.2) is 25.8 Å². The molecule has 0 saturated carbocycles. The van der Waals surface area contributed by atoms with Gasteiger partial charge in [-0.1, -0.05) is 0 Å². The van der Waals surface area contributed by atoms with Gasteiger partial charge in [-0.25, -0.2) is 0 Å². The van der Waals surface area contributed by atoms with E-state index in [0.717, 1.165) is 0 Å². The van der Waals surface area contributed by atoms with E-state index in [1.165, 1.54) is 16.8 Å². The summed E-state index contributed by atoms with van der Waals surface area (Å²) < 4.78 is 1.29. The largest absolute Gasteiger partial charge is 0.480 e. The van der Waals surface area contributed by atoms with Crippen molar-refractivity contribution in [3.05, 3.63) is 46.6 Å². The maximum Gasteiger partial charge on any atom is 0.325 e. The first kappa shape index (κ1) is 11.8. The molecule has 0 radical (unpaired) electrons. The highest BCUT2D eigenvalue weighted by Crippen LogP contribution is 2.20. The van der Waals surface area contributed by atoms with Gasteiger partial charge < -0.3 is 5.11 Å². The number of hydrogen-bond acceptors (Lipinski definition) is 4. The number of non-ortho nitro benzene ring substituents is 1. The van der Waals surface area contributed by atoms with Crippen molar-refractivity contribution in [2.24, 2.45) is 0 Å². The summed E-state index contributed by atoms with van der Waals surface area (Å²) in [6, 6.07) is 7.57. The molecule has 1 aromatic carbocycles. The van der Waals surface area contributed by atoms with Crippen molar-refractivity contribution in [2.45, 2.75) is 6.54 Å². The van der Waals surface area contributed by atoms with Crippen molar-refractivity contribution in [1.29, 1.82) is 0 Å². The lowest BCUT2D eigenvalue weighted by Gasteiger charge is -1.97. The highest BCUT2D eigenvalue weighted by Gasteiger charge is 2.08. The van der Waals surface area contributed by atoms with Crippen LogP contribution >= 0.6 is 0 Å². The predicted molar refractivity (Wildman–Crippen MR) is 62.0 cm³/mol. The minimum atomic E-state index is -0.978. The van der Waals surface area contributed by atoms with E-state index in [1.54, 1.807) is 24.4 Å². The second-order valence-electron chi connectivity index (χ2n) is 3.60. The molecule has 0 amide bonds. The molecule has 0 aliphatic carbocycles. The molecule has 1 heterocycles. The number of nitro benzene ring substituents is 1. The van der Waals surface area contributed by atoms with Crippen LogP contribution in [0.25, 0.3) is 11.3 Å². The van der Waals surface area contributed by atoms with Gasteiger partial charge in [-0.05, 0) is 18.2 Å². The Kier molecular flexibility index (Phi) is 3.05. The summed E-state index contributed by atoms with van der Waals surface area (Å²) in [4.78, 5) is 20.5. The van der Waals surface area contributed by atoms with Crippen molar-refractivity contribution in [2.75, 3.05) is 0 Å². The van der Waals surface area contributed by atoms with E-state index >= 15 is 0 Å². The summed E-state index contributed by atoms with van der Waals surface area (Å²) in [5, 5.41) is 23.2. The molecule has 0 aliphatic rings. The number of benzene rings is 1. The maximum atomic E-state index is 10.5. The number of rotatable bonds is 4. The zero-order valence-corrected chi connectivity index (χ0v) is 9.18. The minimum absolute atomic E-state index is 0.00344. The van der Waals surface area contributed by atoms with E-state index < -0.39 is 10.9 Å². The number of aliphatic carboxylic acids is 1. The van der Waals surface area contributed by atoms with E-state index in [4.69, 9.17) is 5.11 Å². The Morgan fingerprint density at radius 3 is 2.56 bits per heavy atom. The fourth-order valence-corrected chi connectivity index (χ4v) is 1.50. The van der Waals surface area contributed by atoms with Crippen LogP contribution in [0.3, 0.4) is 0 Å². The van der Waals surface area contributed by atoms with Crippen molar-refractivity contribution >= 4 is 11.7 Å². The molecule has 0 fully saturated rings. The number of carboxylic acid groups (broad SMARTS) is 1.